The molecule has 1 aromatic rings. The van der Waals surface area contributed by atoms with Crippen molar-refractivity contribution in [3.05, 3.63) is 37.8 Å². The molecule has 0 heterocycles. The summed E-state index contributed by atoms with van der Waals surface area (Å²) in [6, 6.07) is 2.68. The van der Waals surface area contributed by atoms with Gasteiger partial charge < -0.3 is 10.6 Å². The number of hydrogen-bond donors (Lipinski definition) is 1. The van der Waals surface area contributed by atoms with Crippen molar-refractivity contribution < 1.29 is 9.72 Å². The SMILES string of the molecule is CN(C)CCc1c([N+](=O)[O-])ccc(C(N)=O)c1Br. The van der Waals surface area contributed by atoms with Crippen LogP contribution >= 0.6 is 15.9 Å². The Balaban J connectivity index is 3.27. The summed E-state index contributed by atoms with van der Waals surface area (Å²) in [6.45, 7) is 0.641. The molecule has 1 amide bonds. The van der Waals surface area contributed by atoms with Crippen LogP contribution in [0.2, 0.25) is 0 Å². The summed E-state index contributed by atoms with van der Waals surface area (Å²) >= 11 is 3.23. The first-order valence-corrected chi connectivity index (χ1v) is 6.04. The van der Waals surface area contributed by atoms with Crippen LogP contribution in [0.15, 0.2) is 16.6 Å². The Morgan fingerprint density at radius 1 is 1.50 bits per heavy atom. The fraction of sp³-hybridized carbons (Fsp3) is 0.364. The molecule has 2 N–H and O–H groups in total. The van der Waals surface area contributed by atoms with Crippen LogP contribution in [0.3, 0.4) is 0 Å². The van der Waals surface area contributed by atoms with Crippen LogP contribution in [0.4, 0.5) is 5.69 Å². The molecular formula is C11H14BrN3O3. The van der Waals surface area contributed by atoms with Gasteiger partial charge in [0, 0.05) is 22.6 Å². The number of hydrogen-bond acceptors (Lipinski definition) is 4. The van der Waals surface area contributed by atoms with Crippen molar-refractivity contribution >= 4 is 27.5 Å². The lowest BCUT2D eigenvalue weighted by atomic mass is 10.1. The Bertz CT molecular complexity index is 489. The van der Waals surface area contributed by atoms with Gasteiger partial charge in [0.1, 0.15) is 0 Å². The van der Waals surface area contributed by atoms with E-state index in [9.17, 15) is 14.9 Å². The first-order chi connectivity index (χ1) is 8.34. The third-order valence-corrected chi connectivity index (χ3v) is 3.40. The quantitative estimate of drug-likeness (QED) is 0.659. The van der Waals surface area contributed by atoms with Crippen LogP contribution < -0.4 is 5.73 Å². The molecule has 1 rings (SSSR count). The molecule has 0 saturated carbocycles. The molecule has 0 fully saturated rings. The van der Waals surface area contributed by atoms with Crippen LogP contribution in [0.25, 0.3) is 0 Å². The first-order valence-electron chi connectivity index (χ1n) is 5.25. The minimum atomic E-state index is -0.608. The van der Waals surface area contributed by atoms with E-state index >= 15 is 0 Å². The van der Waals surface area contributed by atoms with E-state index in [1.165, 1.54) is 12.1 Å². The highest BCUT2D eigenvalue weighted by Gasteiger charge is 2.21. The summed E-state index contributed by atoms with van der Waals surface area (Å²) in [6.07, 6.45) is 0.463. The van der Waals surface area contributed by atoms with E-state index < -0.39 is 10.8 Å². The minimum absolute atomic E-state index is 0.00581. The van der Waals surface area contributed by atoms with Crippen LogP contribution in [0, 0.1) is 10.1 Å². The third-order valence-electron chi connectivity index (χ3n) is 2.49. The fourth-order valence-electron chi connectivity index (χ4n) is 1.55. The number of rotatable bonds is 5. The van der Waals surface area contributed by atoms with Crippen molar-refractivity contribution in [2.75, 3.05) is 20.6 Å². The molecule has 0 saturated heterocycles. The minimum Gasteiger partial charge on any atom is -0.366 e. The Labute approximate surface area is 113 Å². The molecule has 98 valence electrons. The van der Waals surface area contributed by atoms with Gasteiger partial charge in [0.25, 0.3) is 5.69 Å². The van der Waals surface area contributed by atoms with E-state index in [2.05, 4.69) is 15.9 Å². The summed E-state index contributed by atoms with van der Waals surface area (Å²) in [5.74, 6) is -0.608. The van der Waals surface area contributed by atoms with Crippen molar-refractivity contribution in [3.63, 3.8) is 0 Å². The van der Waals surface area contributed by atoms with E-state index in [0.717, 1.165) is 0 Å². The fourth-order valence-corrected chi connectivity index (χ4v) is 2.27. The molecule has 6 nitrogen and oxygen atoms in total. The number of likely N-dealkylation sites (N-methyl/N-ethyl adjacent to an activating group) is 1. The van der Waals surface area contributed by atoms with Gasteiger partial charge in [-0.3, -0.25) is 14.9 Å². The molecule has 18 heavy (non-hydrogen) atoms. The van der Waals surface area contributed by atoms with Crippen molar-refractivity contribution in [1.82, 2.24) is 4.90 Å². The lowest BCUT2D eigenvalue weighted by Crippen LogP contribution is -2.18. The Kier molecular flexibility index (Phi) is 4.80. The molecule has 0 atom stereocenters. The average Bonchev–Trinajstić information content (AvgIpc) is 2.25. The summed E-state index contributed by atoms with van der Waals surface area (Å²) in [5.41, 5.74) is 5.96. The van der Waals surface area contributed by atoms with Crippen molar-refractivity contribution in [3.8, 4) is 0 Å². The normalized spacial score (nSPS) is 10.7. The molecule has 1 aromatic carbocycles. The smallest absolute Gasteiger partial charge is 0.273 e. The number of nitro benzene ring substituents is 1. The maximum atomic E-state index is 11.2. The van der Waals surface area contributed by atoms with Gasteiger partial charge in [-0.2, -0.15) is 0 Å². The Morgan fingerprint density at radius 2 is 2.11 bits per heavy atom. The number of primary amides is 1. The van der Waals surface area contributed by atoms with Gasteiger partial charge in [-0.1, -0.05) is 0 Å². The molecule has 0 aromatic heterocycles. The second kappa shape index (κ2) is 5.92. The van der Waals surface area contributed by atoms with Gasteiger partial charge in [-0.25, -0.2) is 0 Å². The maximum absolute atomic E-state index is 11.2. The van der Waals surface area contributed by atoms with Gasteiger partial charge in [-0.15, -0.1) is 0 Å². The van der Waals surface area contributed by atoms with E-state index in [0.29, 0.717) is 23.0 Å². The molecular weight excluding hydrogens is 302 g/mol. The van der Waals surface area contributed by atoms with Crippen molar-refractivity contribution in [2.24, 2.45) is 5.73 Å². The lowest BCUT2D eigenvalue weighted by molar-refractivity contribution is -0.385. The number of nitrogens with zero attached hydrogens (tertiary/aromatic N) is 2. The molecule has 0 aliphatic rings. The molecule has 0 aliphatic heterocycles. The van der Waals surface area contributed by atoms with Gasteiger partial charge in [-0.05, 0) is 42.5 Å². The number of nitro groups is 1. The highest BCUT2D eigenvalue weighted by atomic mass is 79.9. The largest absolute Gasteiger partial charge is 0.366 e. The molecule has 0 radical (unpaired) electrons. The molecule has 0 unspecified atom stereocenters. The zero-order chi connectivity index (χ0) is 13.9. The van der Waals surface area contributed by atoms with Crippen LogP contribution in [0.1, 0.15) is 15.9 Å². The summed E-state index contributed by atoms with van der Waals surface area (Å²) in [4.78, 5) is 23.6. The summed E-state index contributed by atoms with van der Waals surface area (Å²) in [7, 11) is 3.75. The predicted octanol–water partition coefficient (Wildman–Crippen LogP) is 1.56. The second-order valence-electron chi connectivity index (χ2n) is 4.10. The highest BCUT2D eigenvalue weighted by Crippen LogP contribution is 2.30. The third kappa shape index (κ3) is 3.27. The molecule has 7 heteroatoms. The zero-order valence-corrected chi connectivity index (χ0v) is 11.7. The van der Waals surface area contributed by atoms with Crippen molar-refractivity contribution in [2.45, 2.75) is 6.42 Å². The van der Waals surface area contributed by atoms with Gasteiger partial charge in [0.15, 0.2) is 0 Å². The monoisotopic (exact) mass is 315 g/mol. The topological polar surface area (TPSA) is 89.5 Å². The summed E-state index contributed by atoms with van der Waals surface area (Å²) < 4.78 is 0.408. The second-order valence-corrected chi connectivity index (χ2v) is 4.89. The van der Waals surface area contributed by atoms with Crippen molar-refractivity contribution in [1.29, 1.82) is 0 Å². The van der Waals surface area contributed by atoms with Crippen LogP contribution in [-0.2, 0) is 6.42 Å². The number of benzene rings is 1. The van der Waals surface area contributed by atoms with E-state index in [4.69, 9.17) is 5.73 Å². The number of halogens is 1. The first kappa shape index (κ1) is 14.6. The maximum Gasteiger partial charge on any atom is 0.273 e. The predicted molar refractivity (Wildman–Crippen MR) is 71.6 cm³/mol. The molecule has 0 aliphatic carbocycles. The van der Waals surface area contributed by atoms with E-state index in [1.54, 1.807) is 0 Å². The standard InChI is InChI=1S/C11H14BrN3O3/c1-14(2)6-5-7-9(15(17)18)4-3-8(10(7)12)11(13)16/h3-4H,5-6H2,1-2H3,(H2,13,16). The van der Waals surface area contributed by atoms with E-state index in [1.807, 2.05) is 19.0 Å². The zero-order valence-electron chi connectivity index (χ0n) is 10.1. The van der Waals surface area contributed by atoms with Gasteiger partial charge >= 0.3 is 0 Å². The average molecular weight is 316 g/mol. The number of nitrogens with two attached hydrogens (primary N) is 1. The Hall–Kier alpha value is -1.47. The van der Waals surface area contributed by atoms with Crippen LogP contribution in [0.5, 0.6) is 0 Å². The van der Waals surface area contributed by atoms with Gasteiger partial charge in [0.2, 0.25) is 5.91 Å². The Morgan fingerprint density at radius 3 is 2.56 bits per heavy atom. The number of amides is 1. The van der Waals surface area contributed by atoms with Gasteiger partial charge in [0.05, 0.1) is 10.5 Å². The number of carbonyl (C=O) groups excluding carboxylic acids is 1. The molecule has 0 bridgehead atoms. The lowest BCUT2D eigenvalue weighted by Gasteiger charge is -2.12. The summed E-state index contributed by atoms with van der Waals surface area (Å²) in [5, 5.41) is 11.0. The highest BCUT2D eigenvalue weighted by molar-refractivity contribution is 9.10. The van der Waals surface area contributed by atoms with E-state index in [-0.39, 0.29) is 11.3 Å². The number of carbonyl (C=O) groups is 1. The van der Waals surface area contributed by atoms with Crippen LogP contribution in [-0.4, -0.2) is 36.4 Å². The molecule has 0 spiro atoms.